The van der Waals surface area contributed by atoms with E-state index in [1.54, 1.807) is 0 Å². The van der Waals surface area contributed by atoms with Crippen molar-refractivity contribution in [2.24, 2.45) is 0 Å². The molecule has 0 aliphatic rings. The number of rotatable bonds is 0. The SMILES string of the molecule is O.O.O.O.O.O.O.O.O.[N]#[Fe]. The third-order valence-electron chi connectivity index (χ3n) is 0. The van der Waals surface area contributed by atoms with Crippen molar-refractivity contribution in [1.29, 1.82) is 4.20 Å². The number of hydrogen-bond acceptors (Lipinski definition) is 1. The Morgan fingerprint density at radius 2 is 0.364 bits per heavy atom. The molecule has 0 saturated carbocycles. The minimum absolute atomic E-state index is 0. The van der Waals surface area contributed by atoms with Crippen LogP contribution in [0.2, 0.25) is 0 Å². The van der Waals surface area contributed by atoms with Gasteiger partial charge < -0.3 is 49.3 Å². The zero-order valence-corrected chi connectivity index (χ0v) is 6.40. The fraction of sp³-hybridized carbons (Fsp3) is 0. The van der Waals surface area contributed by atoms with E-state index >= 15 is 0 Å². The van der Waals surface area contributed by atoms with Gasteiger partial charge >= 0.3 is 19.8 Å². The van der Waals surface area contributed by atoms with E-state index in [4.69, 9.17) is 4.20 Å². The van der Waals surface area contributed by atoms with Gasteiger partial charge in [-0.25, -0.2) is 0 Å². The second kappa shape index (κ2) is 45600. The Morgan fingerprint density at radius 3 is 0.364 bits per heavy atom. The minimum atomic E-state index is 0. The summed E-state index contributed by atoms with van der Waals surface area (Å²) < 4.78 is 6.75. The van der Waals surface area contributed by atoms with E-state index in [-0.39, 0.29) is 49.3 Å². The molecule has 18 N–H and O–H groups in total. The summed E-state index contributed by atoms with van der Waals surface area (Å²) in [5, 5.41) is 0. The van der Waals surface area contributed by atoms with E-state index in [0.29, 0.717) is 0 Å². The Balaban J connectivity index is -0.000000000139. The zero-order chi connectivity index (χ0) is 2.00. The maximum absolute atomic E-state index is 6.75. The summed E-state index contributed by atoms with van der Waals surface area (Å²) in [6.07, 6.45) is 0. The molecule has 0 radical (unpaired) electrons. The van der Waals surface area contributed by atoms with Gasteiger partial charge in [0.2, 0.25) is 0 Å². The fourth-order valence-electron chi connectivity index (χ4n) is 0. The topological polar surface area (TPSA) is 307 Å². The van der Waals surface area contributed by atoms with Crippen molar-refractivity contribution in [3.05, 3.63) is 0 Å². The molecule has 11 heteroatoms. The van der Waals surface area contributed by atoms with Gasteiger partial charge in [0.05, 0.1) is 0 Å². The molecule has 0 aromatic heterocycles. The average Bonchev–Trinajstić information content (AvgIpc) is 1.00. The molecule has 10 nitrogen and oxygen atoms in total. The van der Waals surface area contributed by atoms with E-state index in [2.05, 4.69) is 15.6 Å². The van der Waals surface area contributed by atoms with Crippen molar-refractivity contribution in [1.82, 2.24) is 0 Å². The van der Waals surface area contributed by atoms with Crippen molar-refractivity contribution in [3.8, 4) is 0 Å². The molecule has 0 amide bonds. The molecule has 0 rings (SSSR count). The van der Waals surface area contributed by atoms with Gasteiger partial charge in [-0.15, -0.1) is 0 Å². The molecule has 0 aliphatic carbocycles. The Hall–Kier alpha value is -0.131. The van der Waals surface area contributed by atoms with E-state index in [0.717, 1.165) is 0 Å². The summed E-state index contributed by atoms with van der Waals surface area (Å²) in [6, 6.07) is 0. The van der Waals surface area contributed by atoms with Crippen molar-refractivity contribution in [2.45, 2.75) is 0 Å². The Labute approximate surface area is 70.0 Å². The summed E-state index contributed by atoms with van der Waals surface area (Å²) in [5.74, 6) is 0. The third-order valence-corrected chi connectivity index (χ3v) is 0. The first-order valence-corrected chi connectivity index (χ1v) is 0.652. The van der Waals surface area contributed by atoms with Crippen LogP contribution in [-0.2, 0) is 15.6 Å². The Morgan fingerprint density at radius 1 is 0.364 bits per heavy atom. The first-order chi connectivity index (χ1) is 1.00. The van der Waals surface area contributed by atoms with Gasteiger partial charge in [0.25, 0.3) is 0 Å². The van der Waals surface area contributed by atoms with Crippen LogP contribution in [0.3, 0.4) is 0 Å². The Bertz CT molecular complexity index is 14.3. The molecule has 11 heavy (non-hydrogen) atoms. The summed E-state index contributed by atoms with van der Waals surface area (Å²) >= 11 is 2.25. The van der Waals surface area contributed by atoms with Crippen LogP contribution in [0.4, 0.5) is 0 Å². The molecule has 0 saturated heterocycles. The standard InChI is InChI=1S/Fe.N.9H2O/h;;9*1H2. The van der Waals surface area contributed by atoms with E-state index in [1.165, 1.54) is 0 Å². The second-order valence-corrected chi connectivity index (χ2v) is 0. The molecule has 0 atom stereocenters. The summed E-state index contributed by atoms with van der Waals surface area (Å²) in [6.45, 7) is 0. The molecular formula is H18FeNO9. The number of hydrogen-bond donors (Lipinski definition) is 0. The van der Waals surface area contributed by atoms with E-state index < -0.39 is 0 Å². The molecule has 0 fully saturated rings. The van der Waals surface area contributed by atoms with Crippen LogP contribution in [0.5, 0.6) is 0 Å². The van der Waals surface area contributed by atoms with Gasteiger partial charge in [0.15, 0.2) is 0 Å². The molecular weight excluding hydrogens is 214 g/mol. The monoisotopic (exact) mass is 232 g/mol. The van der Waals surface area contributed by atoms with Gasteiger partial charge in [0, 0.05) is 0 Å². The number of nitrogens with zero attached hydrogens (tertiary/aromatic N) is 1. The molecule has 0 unspecified atom stereocenters. The van der Waals surface area contributed by atoms with Gasteiger partial charge in [0.1, 0.15) is 0 Å². The molecule has 85 valence electrons. The van der Waals surface area contributed by atoms with Crippen LogP contribution in [-0.4, -0.2) is 49.3 Å². The predicted octanol–water partition coefficient (Wildman–Crippen LogP) is -7.41. The summed E-state index contributed by atoms with van der Waals surface area (Å²) in [4.78, 5) is 0. The Kier molecular flexibility index (Phi) is 5800000. The van der Waals surface area contributed by atoms with Crippen molar-refractivity contribution in [2.75, 3.05) is 0 Å². The van der Waals surface area contributed by atoms with Crippen molar-refractivity contribution in [3.63, 3.8) is 0 Å². The second-order valence-electron chi connectivity index (χ2n) is 0. The van der Waals surface area contributed by atoms with Crippen molar-refractivity contribution >= 4 is 0 Å². The quantitative estimate of drug-likeness (QED) is 0.360. The maximum atomic E-state index is 6.75. The summed E-state index contributed by atoms with van der Waals surface area (Å²) in [7, 11) is 0. The molecule has 0 aromatic rings. The fourth-order valence-corrected chi connectivity index (χ4v) is 0. The van der Waals surface area contributed by atoms with Crippen LogP contribution in [0.15, 0.2) is 0 Å². The van der Waals surface area contributed by atoms with Gasteiger partial charge in [-0.1, -0.05) is 0 Å². The van der Waals surface area contributed by atoms with Gasteiger partial charge in [-0.2, -0.15) is 0 Å². The third kappa shape index (κ3) is 35900. The molecule has 0 bridgehead atoms. The van der Waals surface area contributed by atoms with Crippen LogP contribution in [0.25, 0.3) is 0 Å². The average molecular weight is 232 g/mol. The molecule has 0 aromatic carbocycles. The normalized spacial score (nSPS) is 0.273. The van der Waals surface area contributed by atoms with Crippen LogP contribution < -0.4 is 0 Å². The van der Waals surface area contributed by atoms with E-state index in [1.807, 2.05) is 0 Å². The summed E-state index contributed by atoms with van der Waals surface area (Å²) in [5.41, 5.74) is 0. The van der Waals surface area contributed by atoms with Gasteiger partial charge in [-0.3, -0.25) is 0 Å². The predicted molar refractivity (Wildman–Crippen MR) is 34.2 cm³/mol. The molecule has 0 heterocycles. The molecule has 0 aliphatic heterocycles. The van der Waals surface area contributed by atoms with Crippen LogP contribution in [0.1, 0.15) is 0 Å². The first kappa shape index (κ1) is 1400. The van der Waals surface area contributed by atoms with E-state index in [9.17, 15) is 0 Å². The van der Waals surface area contributed by atoms with Crippen molar-refractivity contribution < 1.29 is 64.9 Å². The van der Waals surface area contributed by atoms with Crippen LogP contribution >= 0.6 is 0 Å². The van der Waals surface area contributed by atoms with Crippen LogP contribution in [0, 0.1) is 4.20 Å². The zero-order valence-electron chi connectivity index (χ0n) is 5.30. The molecule has 0 spiro atoms. The van der Waals surface area contributed by atoms with Gasteiger partial charge in [-0.05, 0) is 0 Å². The first-order valence-electron chi connectivity index (χ1n) is 0.158.